The maximum absolute atomic E-state index is 13.1. The molecule has 0 saturated carbocycles. The van der Waals surface area contributed by atoms with Gasteiger partial charge >= 0.3 is 5.97 Å². The first-order chi connectivity index (χ1) is 28.0. The summed E-state index contributed by atoms with van der Waals surface area (Å²) in [6.07, 6.45) is 51.1. The van der Waals surface area contributed by atoms with Crippen molar-refractivity contribution in [2.45, 2.75) is 283 Å². The van der Waals surface area contributed by atoms with Gasteiger partial charge in [-0.25, -0.2) is 0 Å². The van der Waals surface area contributed by atoms with E-state index in [1.807, 2.05) is 0 Å². The highest BCUT2D eigenvalue weighted by atomic mass is 16.5. The van der Waals surface area contributed by atoms with Crippen LogP contribution in [0.4, 0.5) is 0 Å². The number of esters is 1. The molecule has 0 rings (SSSR count). The minimum atomic E-state index is -0.781. The number of allylic oxidation sites excluding steroid dienone is 4. The van der Waals surface area contributed by atoms with Gasteiger partial charge in [0.05, 0.1) is 25.2 Å². The van der Waals surface area contributed by atoms with Crippen molar-refractivity contribution in [2.24, 2.45) is 0 Å². The molecular weight excluding hydrogens is 707 g/mol. The van der Waals surface area contributed by atoms with Gasteiger partial charge in [-0.2, -0.15) is 0 Å². The lowest BCUT2D eigenvalue weighted by Crippen LogP contribution is -2.46. The van der Waals surface area contributed by atoms with Gasteiger partial charge in [0.25, 0.3) is 0 Å². The fourth-order valence-corrected chi connectivity index (χ4v) is 7.70. The lowest BCUT2D eigenvalue weighted by Gasteiger charge is -2.24. The van der Waals surface area contributed by atoms with Crippen molar-refractivity contribution in [3.63, 3.8) is 0 Å². The lowest BCUT2D eigenvalue weighted by atomic mass is 10.0. The van der Waals surface area contributed by atoms with Crippen LogP contribution in [-0.4, -0.2) is 46.9 Å². The Labute approximate surface area is 354 Å². The van der Waals surface area contributed by atoms with Crippen LogP contribution in [0, 0.1) is 0 Å². The van der Waals surface area contributed by atoms with E-state index in [9.17, 15) is 19.8 Å². The van der Waals surface area contributed by atoms with Crippen LogP contribution in [0.1, 0.15) is 265 Å². The molecule has 0 spiro atoms. The highest BCUT2D eigenvalue weighted by Crippen LogP contribution is 2.18. The number of aliphatic hydroxyl groups is 2. The summed E-state index contributed by atoms with van der Waals surface area (Å²) in [5.74, 6) is -0.473. The molecule has 3 atom stereocenters. The number of hydrogen-bond acceptors (Lipinski definition) is 5. The van der Waals surface area contributed by atoms with E-state index in [0.717, 1.165) is 51.4 Å². The molecule has 1 amide bonds. The standard InChI is InChI=1S/C51H97NO5/c1-4-7-10-13-16-18-20-22-23-24-25-26-27-28-30-32-35-38-41-44-51(56)57-47(42-39-36-33-15-12-9-6-3)45-50(55)52-48(46-53)49(54)43-40-37-34-31-29-21-19-17-14-11-8-5-2/h16,18,22-23,47-49,53-54H,4-15,17,19-21,24-46H2,1-3H3,(H,52,55)/b18-16-,23-22-. The Morgan fingerprint density at radius 1 is 0.509 bits per heavy atom. The van der Waals surface area contributed by atoms with Crippen LogP contribution in [0.3, 0.4) is 0 Å². The maximum Gasteiger partial charge on any atom is 0.306 e. The molecule has 0 aliphatic rings. The summed E-state index contributed by atoms with van der Waals surface area (Å²) >= 11 is 0. The zero-order chi connectivity index (χ0) is 41.7. The lowest BCUT2D eigenvalue weighted by molar-refractivity contribution is -0.151. The highest BCUT2D eigenvalue weighted by molar-refractivity contribution is 5.77. The summed E-state index contributed by atoms with van der Waals surface area (Å²) in [5, 5.41) is 23.6. The SMILES string of the molecule is CCCCC/C=C\C/C=C\CCCCCCCCCCCC(=O)OC(CCCCCCCCC)CC(=O)NC(CO)C(O)CCCCCCCCCCCCCC. The predicted molar refractivity (Wildman–Crippen MR) is 246 cm³/mol. The number of aliphatic hydroxyl groups excluding tert-OH is 2. The Morgan fingerprint density at radius 2 is 0.895 bits per heavy atom. The summed E-state index contributed by atoms with van der Waals surface area (Å²) in [7, 11) is 0. The van der Waals surface area contributed by atoms with Gasteiger partial charge in [0, 0.05) is 6.42 Å². The van der Waals surface area contributed by atoms with Crippen LogP contribution in [0.5, 0.6) is 0 Å². The molecule has 0 bridgehead atoms. The van der Waals surface area contributed by atoms with Crippen LogP contribution in [0.2, 0.25) is 0 Å². The fraction of sp³-hybridized carbons (Fsp3) is 0.882. The number of carbonyl (C=O) groups excluding carboxylic acids is 2. The van der Waals surface area contributed by atoms with E-state index in [1.54, 1.807) is 0 Å². The minimum Gasteiger partial charge on any atom is -0.462 e. The predicted octanol–water partition coefficient (Wildman–Crippen LogP) is 14.7. The van der Waals surface area contributed by atoms with Gasteiger partial charge < -0.3 is 20.3 Å². The molecule has 0 aromatic heterocycles. The van der Waals surface area contributed by atoms with Gasteiger partial charge in [-0.15, -0.1) is 0 Å². The van der Waals surface area contributed by atoms with Crippen molar-refractivity contribution in [3.05, 3.63) is 24.3 Å². The number of carbonyl (C=O) groups is 2. The second-order valence-corrected chi connectivity index (χ2v) is 17.2. The van der Waals surface area contributed by atoms with Gasteiger partial charge in [0.1, 0.15) is 6.10 Å². The molecule has 3 unspecified atom stereocenters. The molecule has 0 aromatic rings. The molecule has 0 aliphatic heterocycles. The topological polar surface area (TPSA) is 95.9 Å². The Kier molecular flexibility index (Phi) is 44.1. The number of nitrogens with one attached hydrogen (secondary N) is 1. The van der Waals surface area contributed by atoms with Crippen molar-refractivity contribution in [2.75, 3.05) is 6.61 Å². The van der Waals surface area contributed by atoms with Gasteiger partial charge in [-0.1, -0.05) is 218 Å². The monoisotopic (exact) mass is 804 g/mol. The summed E-state index contributed by atoms with van der Waals surface area (Å²) in [6.45, 7) is 6.43. The van der Waals surface area contributed by atoms with Crippen LogP contribution < -0.4 is 5.32 Å². The van der Waals surface area contributed by atoms with Gasteiger partial charge in [-0.05, 0) is 57.8 Å². The molecule has 0 aliphatic carbocycles. The molecular formula is C51H97NO5. The smallest absolute Gasteiger partial charge is 0.306 e. The van der Waals surface area contributed by atoms with Crippen LogP contribution in [0.15, 0.2) is 24.3 Å². The van der Waals surface area contributed by atoms with E-state index in [4.69, 9.17) is 4.74 Å². The third-order valence-corrected chi connectivity index (χ3v) is 11.5. The van der Waals surface area contributed by atoms with Gasteiger partial charge in [-0.3, -0.25) is 9.59 Å². The van der Waals surface area contributed by atoms with Crippen LogP contribution >= 0.6 is 0 Å². The Balaban J connectivity index is 4.33. The second kappa shape index (κ2) is 45.4. The van der Waals surface area contributed by atoms with E-state index < -0.39 is 18.2 Å². The molecule has 6 heteroatoms. The zero-order valence-electron chi connectivity index (χ0n) is 38.2. The molecule has 0 fully saturated rings. The van der Waals surface area contributed by atoms with Crippen molar-refractivity contribution in [3.8, 4) is 0 Å². The summed E-state index contributed by atoms with van der Waals surface area (Å²) in [6, 6.07) is -0.695. The summed E-state index contributed by atoms with van der Waals surface area (Å²) < 4.78 is 5.89. The number of amides is 1. The molecule has 6 nitrogen and oxygen atoms in total. The van der Waals surface area contributed by atoms with E-state index in [0.29, 0.717) is 19.3 Å². The van der Waals surface area contributed by atoms with Gasteiger partial charge in [0.15, 0.2) is 0 Å². The van der Waals surface area contributed by atoms with Crippen molar-refractivity contribution >= 4 is 11.9 Å². The fourth-order valence-electron chi connectivity index (χ4n) is 7.70. The van der Waals surface area contributed by atoms with Gasteiger partial charge in [0.2, 0.25) is 5.91 Å². The van der Waals surface area contributed by atoms with Crippen molar-refractivity contribution in [1.82, 2.24) is 5.32 Å². The van der Waals surface area contributed by atoms with Crippen molar-refractivity contribution in [1.29, 1.82) is 0 Å². The second-order valence-electron chi connectivity index (χ2n) is 17.2. The minimum absolute atomic E-state index is 0.0796. The molecule has 0 heterocycles. The molecule has 0 aromatic carbocycles. The Morgan fingerprint density at radius 3 is 1.37 bits per heavy atom. The maximum atomic E-state index is 13.1. The number of hydrogen-bond donors (Lipinski definition) is 3. The normalized spacial score (nSPS) is 13.4. The average molecular weight is 804 g/mol. The van der Waals surface area contributed by atoms with E-state index in [2.05, 4.69) is 50.4 Å². The third-order valence-electron chi connectivity index (χ3n) is 11.5. The number of ether oxygens (including phenoxy) is 1. The molecule has 57 heavy (non-hydrogen) atoms. The number of rotatable bonds is 45. The van der Waals surface area contributed by atoms with E-state index in [1.165, 1.54) is 167 Å². The largest absolute Gasteiger partial charge is 0.462 e. The van der Waals surface area contributed by atoms with Crippen LogP contribution in [-0.2, 0) is 14.3 Å². The third kappa shape index (κ3) is 40.9. The molecule has 0 saturated heterocycles. The summed E-state index contributed by atoms with van der Waals surface area (Å²) in [5.41, 5.74) is 0. The summed E-state index contributed by atoms with van der Waals surface area (Å²) in [4.78, 5) is 26.0. The quantitative estimate of drug-likeness (QED) is 0.0324. The van der Waals surface area contributed by atoms with Crippen molar-refractivity contribution < 1.29 is 24.5 Å². The first-order valence-electron chi connectivity index (χ1n) is 25.1. The molecule has 3 N–H and O–H groups in total. The van der Waals surface area contributed by atoms with E-state index >= 15 is 0 Å². The molecule has 336 valence electrons. The Hall–Kier alpha value is -1.66. The number of unbranched alkanes of at least 4 members (excludes halogenated alkanes) is 29. The van der Waals surface area contributed by atoms with Crippen LogP contribution in [0.25, 0.3) is 0 Å². The zero-order valence-corrected chi connectivity index (χ0v) is 38.2. The molecule has 0 radical (unpaired) electrons. The Bertz CT molecular complexity index is 904. The first kappa shape index (κ1) is 55.3. The average Bonchev–Trinajstić information content (AvgIpc) is 3.20. The highest BCUT2D eigenvalue weighted by Gasteiger charge is 2.24. The van der Waals surface area contributed by atoms with E-state index in [-0.39, 0.29) is 24.9 Å². The first-order valence-corrected chi connectivity index (χ1v) is 25.1.